The Bertz CT molecular complexity index is 2310. The van der Waals surface area contributed by atoms with Gasteiger partial charge in [0.2, 0.25) is 11.9 Å². The number of carbonyl (C=O) groups excluding carboxylic acids is 2. The number of aromatic nitrogens is 4. The van der Waals surface area contributed by atoms with Crippen molar-refractivity contribution in [2.24, 2.45) is 24.4 Å². The number of hydrogen-bond donors (Lipinski definition) is 2. The largest absolute Gasteiger partial charge is 0.399 e. The first-order valence-electron chi connectivity index (χ1n) is 16.9. The molecule has 4 aromatic carbocycles. The van der Waals surface area contributed by atoms with Gasteiger partial charge in [0.05, 0.1) is 23.8 Å². The van der Waals surface area contributed by atoms with Gasteiger partial charge in [-0.1, -0.05) is 95.2 Å². The molecule has 16 heteroatoms. The number of rotatable bonds is 9. The normalized spacial score (nSPS) is 10.4. The fraction of sp³-hybridized carbons (Fsp3) is 0.171. The Morgan fingerprint density at radius 2 is 1.12 bits per heavy atom. The van der Waals surface area contributed by atoms with Crippen LogP contribution in [-0.2, 0) is 23.8 Å². The number of aryl methyl sites for hydroxylation is 4. The summed E-state index contributed by atoms with van der Waals surface area (Å²) in [4.78, 5) is 32.5. The summed E-state index contributed by atoms with van der Waals surface area (Å²) in [6.07, 6.45) is 4.74. The molecule has 0 fully saturated rings. The zero-order chi connectivity index (χ0) is 42.1. The standard InChI is InChI=1S/C20H19FN4O2.C14H14N2O.C6H6ClFN2O.CH3Cl/c1-13-18(19(21)25(2)24-13)20(26)23-17-7-5-4-6-16(17)15-10-8-14(9-11-15)12-22-27-3;1-17-16-10-11-6-8-12(9-7-11)13-4-2-3-5-14(13)15;1-3-4(5(7)11)6(8)10(2)9-3;1-2/h4-12H,1-3H3,(H,23,26);2-10H,15H2,1H3;1-2H3;1H3/b22-12+;16-10+;;. The number of halogens is 4. The van der Waals surface area contributed by atoms with E-state index in [1.54, 1.807) is 25.4 Å². The summed E-state index contributed by atoms with van der Waals surface area (Å²) in [7, 11) is 5.87. The lowest BCUT2D eigenvalue weighted by molar-refractivity contribution is 0.102. The number of hydrogen-bond acceptors (Lipinski definition) is 9. The molecule has 2 aromatic heterocycles. The lowest BCUT2D eigenvalue weighted by atomic mass is 10.0. The maximum atomic E-state index is 14.2. The number of alkyl halides is 1. The predicted molar refractivity (Wildman–Crippen MR) is 223 cm³/mol. The smallest absolute Gasteiger partial charge is 0.262 e. The molecule has 6 aromatic rings. The fourth-order valence-corrected chi connectivity index (χ4v) is 5.47. The van der Waals surface area contributed by atoms with Gasteiger partial charge in [0.25, 0.3) is 11.1 Å². The fourth-order valence-electron chi connectivity index (χ4n) is 5.25. The molecule has 0 unspecified atom stereocenters. The van der Waals surface area contributed by atoms with Gasteiger partial charge in [0.1, 0.15) is 25.3 Å². The minimum atomic E-state index is -0.812. The average molecular weight is 820 g/mol. The van der Waals surface area contributed by atoms with Crippen LogP contribution in [-0.4, -0.2) is 63.7 Å². The van der Waals surface area contributed by atoms with Gasteiger partial charge in [0, 0.05) is 43.0 Å². The van der Waals surface area contributed by atoms with Crippen molar-refractivity contribution in [3.8, 4) is 22.3 Å². The number of amides is 1. The van der Waals surface area contributed by atoms with E-state index in [1.165, 1.54) is 41.6 Å². The summed E-state index contributed by atoms with van der Waals surface area (Å²) < 4.78 is 29.1. The molecule has 57 heavy (non-hydrogen) atoms. The maximum absolute atomic E-state index is 14.2. The lowest BCUT2D eigenvalue weighted by Gasteiger charge is -2.11. The van der Waals surface area contributed by atoms with Crippen LogP contribution in [0.4, 0.5) is 20.2 Å². The molecule has 0 radical (unpaired) electrons. The van der Waals surface area contributed by atoms with Gasteiger partial charge in [-0.3, -0.25) is 9.59 Å². The van der Waals surface area contributed by atoms with Crippen molar-refractivity contribution in [1.29, 1.82) is 0 Å². The first-order chi connectivity index (χ1) is 27.4. The minimum absolute atomic E-state index is 0.0570. The van der Waals surface area contributed by atoms with Crippen molar-refractivity contribution in [3.63, 3.8) is 0 Å². The third kappa shape index (κ3) is 12.3. The molecule has 12 nitrogen and oxygen atoms in total. The van der Waals surface area contributed by atoms with Gasteiger partial charge in [-0.2, -0.15) is 19.0 Å². The molecule has 298 valence electrons. The molecule has 0 saturated carbocycles. The molecular formula is C41H42Cl2F2N8O4. The highest BCUT2D eigenvalue weighted by Crippen LogP contribution is 2.29. The third-order valence-corrected chi connectivity index (χ3v) is 8.11. The van der Waals surface area contributed by atoms with Crippen LogP contribution >= 0.6 is 23.2 Å². The van der Waals surface area contributed by atoms with E-state index in [2.05, 4.69) is 47.1 Å². The Hall–Kier alpha value is -6.38. The molecule has 0 aliphatic heterocycles. The number of nitrogens with two attached hydrogens (primary N) is 1. The highest BCUT2D eigenvalue weighted by atomic mass is 35.5. The first-order valence-corrected chi connectivity index (χ1v) is 18.0. The molecule has 0 atom stereocenters. The van der Waals surface area contributed by atoms with E-state index in [0.717, 1.165) is 48.4 Å². The summed E-state index contributed by atoms with van der Waals surface area (Å²) in [6.45, 7) is 3.13. The maximum Gasteiger partial charge on any atom is 0.262 e. The number of oxime groups is 2. The predicted octanol–water partition coefficient (Wildman–Crippen LogP) is 8.78. The number of nitrogens with one attached hydrogen (secondary N) is 1. The number of nitrogen functional groups attached to an aromatic ring is 1. The van der Waals surface area contributed by atoms with E-state index in [4.69, 9.17) is 17.3 Å². The van der Waals surface area contributed by atoms with Crippen molar-refractivity contribution in [1.82, 2.24) is 19.6 Å². The van der Waals surface area contributed by atoms with Gasteiger partial charge in [-0.15, -0.1) is 11.6 Å². The molecule has 0 bridgehead atoms. The van der Waals surface area contributed by atoms with Gasteiger partial charge in [-0.25, -0.2) is 9.36 Å². The van der Waals surface area contributed by atoms with Gasteiger partial charge in [-0.05, 0) is 59.8 Å². The van der Waals surface area contributed by atoms with Crippen LogP contribution in [0.15, 0.2) is 107 Å². The van der Waals surface area contributed by atoms with Gasteiger partial charge >= 0.3 is 0 Å². The second kappa shape index (κ2) is 22.2. The topological polar surface area (TPSA) is 151 Å². The van der Waals surface area contributed by atoms with Crippen molar-refractivity contribution in [2.45, 2.75) is 13.8 Å². The van der Waals surface area contributed by atoms with E-state index in [9.17, 15) is 18.4 Å². The number of carbonyl (C=O) groups is 2. The van der Waals surface area contributed by atoms with Crippen molar-refractivity contribution in [2.75, 3.05) is 31.7 Å². The number of benzene rings is 4. The van der Waals surface area contributed by atoms with Crippen LogP contribution < -0.4 is 11.1 Å². The van der Waals surface area contributed by atoms with Crippen LogP contribution in [0.25, 0.3) is 22.3 Å². The van der Waals surface area contributed by atoms with Crippen molar-refractivity contribution >= 4 is 58.2 Å². The Kier molecular flexibility index (Phi) is 17.6. The molecule has 1 amide bonds. The van der Waals surface area contributed by atoms with E-state index in [1.807, 2.05) is 91.0 Å². The second-order valence-electron chi connectivity index (χ2n) is 11.7. The van der Waals surface area contributed by atoms with E-state index in [-0.39, 0.29) is 11.1 Å². The van der Waals surface area contributed by atoms with Crippen molar-refractivity contribution < 1.29 is 28.0 Å². The molecular weight excluding hydrogens is 777 g/mol. The molecule has 2 heterocycles. The Labute approximate surface area is 339 Å². The van der Waals surface area contributed by atoms with Gasteiger partial charge < -0.3 is 20.7 Å². The van der Waals surface area contributed by atoms with Crippen LogP contribution in [0, 0.1) is 25.7 Å². The number of para-hydroxylation sites is 2. The van der Waals surface area contributed by atoms with E-state index in [0.29, 0.717) is 17.1 Å². The van der Waals surface area contributed by atoms with Crippen LogP contribution in [0.5, 0.6) is 0 Å². The SMILES string of the molecule is CCl.CO/N=C/c1ccc(-c2ccccc2N)cc1.CO/N=C/c1ccc(-c2ccccc2NC(=O)c2c(C)nn(C)c2F)cc1.Cc1nn(C)c(F)c1C(=O)Cl. The highest BCUT2D eigenvalue weighted by Gasteiger charge is 2.21. The number of nitrogens with zero attached hydrogens (tertiary/aromatic N) is 6. The summed E-state index contributed by atoms with van der Waals surface area (Å²) in [5.41, 5.74) is 13.5. The Balaban J connectivity index is 0.000000247. The van der Waals surface area contributed by atoms with Gasteiger partial charge in [0.15, 0.2) is 0 Å². The lowest BCUT2D eigenvalue weighted by Crippen LogP contribution is -2.15. The van der Waals surface area contributed by atoms with Crippen LogP contribution in [0.3, 0.4) is 0 Å². The Morgan fingerprint density at radius 1 is 0.702 bits per heavy atom. The molecule has 0 saturated heterocycles. The van der Waals surface area contributed by atoms with Crippen molar-refractivity contribution in [3.05, 3.63) is 143 Å². The summed E-state index contributed by atoms with van der Waals surface area (Å²) in [5.74, 6) is -1.89. The second-order valence-corrected chi connectivity index (χ2v) is 12.0. The monoisotopic (exact) mass is 818 g/mol. The quantitative estimate of drug-likeness (QED) is 0.0487. The zero-order valence-electron chi connectivity index (χ0n) is 32.3. The molecule has 0 aliphatic rings. The summed E-state index contributed by atoms with van der Waals surface area (Å²) >= 11 is 9.73. The third-order valence-electron chi connectivity index (χ3n) is 7.92. The summed E-state index contributed by atoms with van der Waals surface area (Å²) in [6, 6.07) is 30.8. The zero-order valence-corrected chi connectivity index (χ0v) is 33.8. The molecule has 3 N–H and O–H groups in total. The molecule has 6 rings (SSSR count). The molecule has 0 spiro atoms. The van der Waals surface area contributed by atoms with E-state index >= 15 is 0 Å². The summed E-state index contributed by atoms with van der Waals surface area (Å²) in [5, 5.41) is 17.0. The van der Waals surface area contributed by atoms with Crippen LogP contribution in [0.1, 0.15) is 43.2 Å². The van der Waals surface area contributed by atoms with E-state index < -0.39 is 23.0 Å². The highest BCUT2D eigenvalue weighted by molar-refractivity contribution is 6.67. The number of anilines is 2. The van der Waals surface area contributed by atoms with Crippen LogP contribution in [0.2, 0.25) is 0 Å². The first kappa shape index (κ1) is 45.0. The minimum Gasteiger partial charge on any atom is -0.399 e. The average Bonchev–Trinajstić information content (AvgIpc) is 3.63. The Morgan fingerprint density at radius 3 is 1.53 bits per heavy atom. The molecule has 0 aliphatic carbocycles.